The smallest absolute Gasteiger partial charge is 0.251 e. The lowest BCUT2D eigenvalue weighted by Crippen LogP contribution is -2.39. The predicted molar refractivity (Wildman–Crippen MR) is 162 cm³/mol. The van der Waals surface area contributed by atoms with Crippen LogP contribution in [0.5, 0.6) is 11.6 Å². The number of oxazole rings is 1. The molecule has 10 nitrogen and oxygen atoms in total. The second-order valence-corrected chi connectivity index (χ2v) is 11.6. The van der Waals surface area contributed by atoms with Crippen molar-refractivity contribution in [2.45, 2.75) is 76.5 Å². The number of allylic oxidation sites excluding steroid dienone is 1. The van der Waals surface area contributed by atoms with Gasteiger partial charge in [-0.3, -0.25) is 4.79 Å². The number of aromatic nitrogens is 3. The fourth-order valence-electron chi connectivity index (χ4n) is 6.39. The van der Waals surface area contributed by atoms with Crippen molar-refractivity contribution in [2.24, 2.45) is 0 Å². The molecule has 3 N–H and O–H groups in total. The third-order valence-electron chi connectivity index (χ3n) is 8.61. The minimum Gasteiger partial charge on any atom is -0.495 e. The number of amides is 1. The van der Waals surface area contributed by atoms with Crippen molar-refractivity contribution >= 4 is 34.2 Å². The molecule has 1 amide bonds. The number of aliphatic hydroxyl groups is 1. The molecule has 7 rings (SSSR count). The van der Waals surface area contributed by atoms with E-state index in [1.807, 2.05) is 25.1 Å². The third-order valence-corrected chi connectivity index (χ3v) is 8.61. The predicted octanol–water partition coefficient (Wildman–Crippen LogP) is 5.63. The molecule has 4 aromatic rings. The largest absolute Gasteiger partial charge is 0.495 e. The standard InChI is InChI=1S/C33H35N5O5/c1-18-34-25-13-10-19(16-29(25)42-18)22-12-15-26-30(22)32(43-21-6-3-4-7-21)38-33(37-26)36-24-14-11-20(17-28(24)41-2)31(40)35-23-8-5-9-27(23)39/h10-14,16-17,21,23,27,39H,3-9,15H2,1-2H3,(H,35,40)(H,36,37,38)/t23-,27-/m0/s1. The van der Waals surface area contributed by atoms with Crippen LogP contribution in [0, 0.1) is 6.92 Å². The molecule has 2 fully saturated rings. The summed E-state index contributed by atoms with van der Waals surface area (Å²) in [5, 5.41) is 16.4. The molecule has 0 unspecified atom stereocenters. The summed E-state index contributed by atoms with van der Waals surface area (Å²) in [4.78, 5) is 27.1. The summed E-state index contributed by atoms with van der Waals surface area (Å²) in [7, 11) is 1.56. The summed E-state index contributed by atoms with van der Waals surface area (Å²) in [5.74, 6) is 1.83. The Labute approximate surface area is 249 Å². The Morgan fingerprint density at radius 2 is 1.88 bits per heavy atom. The maximum atomic E-state index is 12.9. The van der Waals surface area contributed by atoms with Crippen molar-refractivity contribution in [1.82, 2.24) is 20.3 Å². The van der Waals surface area contributed by atoms with E-state index in [9.17, 15) is 9.90 Å². The first-order chi connectivity index (χ1) is 20.9. The fraction of sp³-hybridized carbons (Fsp3) is 0.394. The van der Waals surface area contributed by atoms with Gasteiger partial charge in [-0.1, -0.05) is 12.1 Å². The van der Waals surface area contributed by atoms with E-state index in [4.69, 9.17) is 23.9 Å². The number of carbonyl (C=O) groups excluding carboxylic acids is 1. The Bertz CT molecular complexity index is 1720. The van der Waals surface area contributed by atoms with Gasteiger partial charge in [0.2, 0.25) is 11.8 Å². The summed E-state index contributed by atoms with van der Waals surface area (Å²) in [6.45, 7) is 1.85. The van der Waals surface area contributed by atoms with Crippen LogP contribution in [-0.2, 0) is 6.42 Å². The zero-order chi connectivity index (χ0) is 29.5. The van der Waals surface area contributed by atoms with Crippen molar-refractivity contribution in [3.05, 3.63) is 70.7 Å². The molecule has 0 saturated heterocycles. The van der Waals surface area contributed by atoms with Gasteiger partial charge < -0.3 is 29.6 Å². The molecule has 0 radical (unpaired) electrons. The average molecular weight is 582 g/mol. The number of methoxy groups -OCH3 is 1. The topological polar surface area (TPSA) is 132 Å². The molecule has 0 aliphatic heterocycles. The number of hydrogen-bond donors (Lipinski definition) is 3. The Morgan fingerprint density at radius 3 is 2.67 bits per heavy atom. The molecule has 3 aliphatic carbocycles. The van der Waals surface area contributed by atoms with Crippen LogP contribution in [0.4, 0.5) is 11.6 Å². The zero-order valence-corrected chi connectivity index (χ0v) is 24.4. The summed E-state index contributed by atoms with van der Waals surface area (Å²) >= 11 is 0. The fourth-order valence-corrected chi connectivity index (χ4v) is 6.39. The normalized spacial score (nSPS) is 19.8. The van der Waals surface area contributed by atoms with Gasteiger partial charge in [0, 0.05) is 18.9 Å². The van der Waals surface area contributed by atoms with E-state index in [0.29, 0.717) is 47.6 Å². The number of aryl methyl sites for hydroxylation is 1. The maximum absolute atomic E-state index is 12.9. The monoisotopic (exact) mass is 581 g/mol. The average Bonchev–Trinajstić information content (AvgIpc) is 3.81. The van der Waals surface area contributed by atoms with Gasteiger partial charge in [0.1, 0.15) is 17.4 Å². The number of nitrogens with one attached hydrogen (secondary N) is 2. The number of ether oxygens (including phenoxy) is 2. The first-order valence-electron chi connectivity index (χ1n) is 15.0. The summed E-state index contributed by atoms with van der Waals surface area (Å²) < 4.78 is 18.0. The van der Waals surface area contributed by atoms with Gasteiger partial charge in [-0.25, -0.2) is 9.97 Å². The molecule has 222 valence electrons. The van der Waals surface area contributed by atoms with Crippen molar-refractivity contribution in [1.29, 1.82) is 0 Å². The number of aliphatic hydroxyl groups excluding tert-OH is 1. The molecule has 0 spiro atoms. The molecule has 0 bridgehead atoms. The van der Waals surface area contributed by atoms with E-state index in [1.165, 1.54) is 0 Å². The first kappa shape index (κ1) is 27.4. The van der Waals surface area contributed by atoms with Crippen molar-refractivity contribution < 1.29 is 23.8 Å². The van der Waals surface area contributed by atoms with Crippen LogP contribution in [0.2, 0.25) is 0 Å². The molecule has 3 aliphatic rings. The Kier molecular flexibility index (Phi) is 7.22. The second-order valence-electron chi connectivity index (χ2n) is 11.6. The van der Waals surface area contributed by atoms with E-state index in [2.05, 4.69) is 21.7 Å². The number of hydrogen-bond acceptors (Lipinski definition) is 9. The molecule has 2 saturated carbocycles. The van der Waals surface area contributed by atoms with Crippen LogP contribution in [0.25, 0.3) is 16.7 Å². The molecular formula is C33H35N5O5. The molecular weight excluding hydrogens is 546 g/mol. The summed E-state index contributed by atoms with van der Waals surface area (Å²) in [5.41, 5.74) is 6.45. The molecule has 2 atom stereocenters. The number of anilines is 2. The Balaban J connectivity index is 1.18. The van der Waals surface area contributed by atoms with Crippen molar-refractivity contribution in [3.63, 3.8) is 0 Å². The van der Waals surface area contributed by atoms with Crippen molar-refractivity contribution in [2.75, 3.05) is 12.4 Å². The minimum absolute atomic E-state index is 0.110. The Morgan fingerprint density at radius 1 is 1.02 bits per heavy atom. The molecule has 10 heteroatoms. The van der Waals surface area contributed by atoms with Crippen LogP contribution in [-0.4, -0.2) is 51.3 Å². The summed E-state index contributed by atoms with van der Waals surface area (Å²) in [6.07, 6.45) is 9.06. The SMILES string of the molecule is COc1cc(C(=O)N[C@H]2CCC[C@@H]2O)ccc1Nc1nc2c(c(OC3CCCC3)n1)C(c1ccc3nc(C)oc3c1)=CC2. The van der Waals surface area contributed by atoms with Gasteiger partial charge in [-0.05, 0) is 86.4 Å². The quantitative estimate of drug-likeness (QED) is 0.242. The van der Waals surface area contributed by atoms with Crippen LogP contribution in [0.1, 0.15) is 78.0 Å². The second kappa shape index (κ2) is 11.3. The van der Waals surface area contributed by atoms with Gasteiger partial charge in [0.05, 0.1) is 36.2 Å². The molecule has 2 aromatic heterocycles. The van der Waals surface area contributed by atoms with Crippen LogP contribution in [0.15, 0.2) is 46.9 Å². The summed E-state index contributed by atoms with van der Waals surface area (Å²) in [6, 6.07) is 11.0. The van der Waals surface area contributed by atoms with E-state index < -0.39 is 6.10 Å². The van der Waals surface area contributed by atoms with E-state index in [1.54, 1.807) is 25.3 Å². The number of rotatable bonds is 8. The van der Waals surface area contributed by atoms with Gasteiger partial charge in [0.15, 0.2) is 11.5 Å². The van der Waals surface area contributed by atoms with Gasteiger partial charge in [0.25, 0.3) is 5.91 Å². The maximum Gasteiger partial charge on any atom is 0.251 e. The number of nitrogens with zero attached hydrogens (tertiary/aromatic N) is 3. The lowest BCUT2D eigenvalue weighted by atomic mass is 10.0. The van der Waals surface area contributed by atoms with Crippen LogP contribution >= 0.6 is 0 Å². The van der Waals surface area contributed by atoms with Gasteiger partial charge in [-0.2, -0.15) is 4.98 Å². The zero-order valence-electron chi connectivity index (χ0n) is 24.4. The minimum atomic E-state index is -0.506. The molecule has 2 aromatic carbocycles. The highest BCUT2D eigenvalue weighted by Gasteiger charge is 2.29. The third kappa shape index (κ3) is 5.43. The van der Waals surface area contributed by atoms with Crippen LogP contribution in [0.3, 0.4) is 0 Å². The first-order valence-corrected chi connectivity index (χ1v) is 15.0. The number of fused-ring (bicyclic) bond motifs is 2. The highest BCUT2D eigenvalue weighted by molar-refractivity contribution is 5.96. The number of carbonyl (C=O) groups is 1. The van der Waals surface area contributed by atoms with Gasteiger partial charge in [-0.15, -0.1) is 0 Å². The van der Waals surface area contributed by atoms with Crippen LogP contribution < -0.4 is 20.1 Å². The van der Waals surface area contributed by atoms with E-state index >= 15 is 0 Å². The number of benzene rings is 2. The van der Waals surface area contributed by atoms with E-state index in [0.717, 1.165) is 72.0 Å². The molecule has 43 heavy (non-hydrogen) atoms. The van der Waals surface area contributed by atoms with Gasteiger partial charge >= 0.3 is 0 Å². The lowest BCUT2D eigenvalue weighted by molar-refractivity contribution is 0.0873. The molecule has 2 heterocycles. The highest BCUT2D eigenvalue weighted by Crippen LogP contribution is 2.41. The Hall–Kier alpha value is -4.44. The van der Waals surface area contributed by atoms with E-state index in [-0.39, 0.29) is 18.1 Å². The highest BCUT2D eigenvalue weighted by atomic mass is 16.5. The van der Waals surface area contributed by atoms with Crippen molar-refractivity contribution in [3.8, 4) is 11.6 Å². The lowest BCUT2D eigenvalue weighted by Gasteiger charge is -2.19.